The van der Waals surface area contributed by atoms with Crippen molar-refractivity contribution in [3.05, 3.63) is 35.9 Å². The highest BCUT2D eigenvalue weighted by Crippen LogP contribution is 2.13. The molecule has 0 aliphatic carbocycles. The molecule has 142 valence electrons. The van der Waals surface area contributed by atoms with E-state index in [1.807, 2.05) is 35.2 Å². The highest BCUT2D eigenvalue weighted by Gasteiger charge is 2.29. The van der Waals surface area contributed by atoms with Crippen molar-refractivity contribution in [3.8, 4) is 0 Å². The predicted octanol–water partition coefficient (Wildman–Crippen LogP) is 1.19. The van der Waals surface area contributed by atoms with E-state index in [0.717, 1.165) is 18.5 Å². The van der Waals surface area contributed by atoms with Crippen LogP contribution in [0.2, 0.25) is 0 Å². The van der Waals surface area contributed by atoms with Crippen molar-refractivity contribution in [3.63, 3.8) is 0 Å². The van der Waals surface area contributed by atoms with Crippen molar-refractivity contribution in [1.82, 2.24) is 14.7 Å². The Labute approximate surface area is 154 Å². The highest BCUT2D eigenvalue weighted by atomic mass is 16.6. The van der Waals surface area contributed by atoms with Crippen LogP contribution in [-0.4, -0.2) is 85.7 Å². The largest absolute Gasteiger partial charge is 0.445 e. The Morgan fingerprint density at radius 1 is 1.04 bits per heavy atom. The summed E-state index contributed by atoms with van der Waals surface area (Å²) in [6.07, 6.45) is 0.779. The molecule has 0 spiro atoms. The number of ether oxygens (including phenoxy) is 2. The molecule has 1 unspecified atom stereocenters. The molecule has 0 N–H and O–H groups in total. The summed E-state index contributed by atoms with van der Waals surface area (Å²) >= 11 is 0. The highest BCUT2D eigenvalue weighted by molar-refractivity contribution is 5.78. The molecule has 1 aromatic carbocycles. The van der Waals surface area contributed by atoms with Gasteiger partial charge in [-0.3, -0.25) is 9.69 Å². The van der Waals surface area contributed by atoms with Crippen LogP contribution in [0.5, 0.6) is 0 Å². The third-order valence-corrected chi connectivity index (χ3v) is 5.03. The average molecular weight is 361 g/mol. The number of carbonyl (C=O) groups excluding carboxylic acids is 2. The van der Waals surface area contributed by atoms with E-state index in [4.69, 9.17) is 9.47 Å². The minimum Gasteiger partial charge on any atom is -0.445 e. The van der Waals surface area contributed by atoms with Crippen LogP contribution in [-0.2, 0) is 20.9 Å². The second kappa shape index (κ2) is 9.00. The summed E-state index contributed by atoms with van der Waals surface area (Å²) in [5.41, 5.74) is 0.977. The maximum absolute atomic E-state index is 12.4. The minimum absolute atomic E-state index is 0.143. The second-order valence-electron chi connectivity index (χ2n) is 6.79. The van der Waals surface area contributed by atoms with Crippen LogP contribution in [0.25, 0.3) is 0 Å². The number of nitrogens with zero attached hydrogens (tertiary/aromatic N) is 3. The van der Waals surface area contributed by atoms with Gasteiger partial charge in [0.25, 0.3) is 0 Å². The third-order valence-electron chi connectivity index (χ3n) is 5.03. The van der Waals surface area contributed by atoms with Crippen LogP contribution in [0.3, 0.4) is 0 Å². The second-order valence-corrected chi connectivity index (χ2v) is 6.79. The smallest absolute Gasteiger partial charge is 0.410 e. The first-order chi connectivity index (χ1) is 12.7. The molecular weight excluding hydrogens is 334 g/mol. The Balaban J connectivity index is 1.37. The number of methoxy groups -OCH3 is 1. The van der Waals surface area contributed by atoms with Gasteiger partial charge in [-0.2, -0.15) is 0 Å². The van der Waals surface area contributed by atoms with Gasteiger partial charge in [0.15, 0.2) is 0 Å². The fourth-order valence-corrected chi connectivity index (χ4v) is 3.34. The molecule has 7 heteroatoms. The van der Waals surface area contributed by atoms with E-state index in [2.05, 4.69) is 4.90 Å². The number of benzene rings is 1. The first-order valence-corrected chi connectivity index (χ1v) is 9.14. The third kappa shape index (κ3) is 4.95. The van der Waals surface area contributed by atoms with Crippen LogP contribution in [0.15, 0.2) is 30.3 Å². The summed E-state index contributed by atoms with van der Waals surface area (Å²) in [6, 6.07) is 9.65. The number of hydrogen-bond acceptors (Lipinski definition) is 5. The SMILES string of the molecule is COC1CCN(C(=O)CN2CCN(C(=O)OCc3ccccc3)CC2)C1. The maximum atomic E-state index is 12.4. The van der Waals surface area contributed by atoms with Crippen LogP contribution < -0.4 is 0 Å². The van der Waals surface area contributed by atoms with E-state index < -0.39 is 0 Å². The number of likely N-dealkylation sites (tertiary alicyclic amines) is 1. The van der Waals surface area contributed by atoms with Gasteiger partial charge in [-0.05, 0) is 12.0 Å². The van der Waals surface area contributed by atoms with Gasteiger partial charge < -0.3 is 19.3 Å². The van der Waals surface area contributed by atoms with E-state index in [1.165, 1.54) is 0 Å². The molecule has 2 heterocycles. The Kier molecular flexibility index (Phi) is 6.46. The molecule has 2 aliphatic rings. The summed E-state index contributed by atoms with van der Waals surface area (Å²) in [7, 11) is 1.69. The van der Waals surface area contributed by atoms with Gasteiger partial charge in [0, 0.05) is 46.4 Å². The Morgan fingerprint density at radius 3 is 2.42 bits per heavy atom. The van der Waals surface area contributed by atoms with E-state index in [0.29, 0.717) is 39.3 Å². The Hall–Kier alpha value is -2.12. The monoisotopic (exact) mass is 361 g/mol. The number of piperazine rings is 1. The summed E-state index contributed by atoms with van der Waals surface area (Å²) in [6.45, 7) is 4.69. The molecule has 2 aliphatic heterocycles. The molecule has 0 aromatic heterocycles. The first kappa shape index (κ1) is 18.7. The van der Waals surface area contributed by atoms with Crippen molar-refractivity contribution >= 4 is 12.0 Å². The van der Waals surface area contributed by atoms with Crippen LogP contribution in [0.4, 0.5) is 4.79 Å². The lowest BCUT2D eigenvalue weighted by Gasteiger charge is -2.34. The molecule has 0 radical (unpaired) electrons. The van der Waals surface area contributed by atoms with E-state index in [-0.39, 0.29) is 24.7 Å². The zero-order chi connectivity index (χ0) is 18.4. The van der Waals surface area contributed by atoms with Crippen LogP contribution in [0.1, 0.15) is 12.0 Å². The summed E-state index contributed by atoms with van der Waals surface area (Å²) < 4.78 is 10.7. The van der Waals surface area contributed by atoms with Crippen molar-refractivity contribution in [1.29, 1.82) is 0 Å². The lowest BCUT2D eigenvalue weighted by atomic mass is 10.2. The van der Waals surface area contributed by atoms with Crippen molar-refractivity contribution in [2.45, 2.75) is 19.1 Å². The molecule has 1 atom stereocenters. The van der Waals surface area contributed by atoms with Gasteiger partial charge >= 0.3 is 6.09 Å². The van der Waals surface area contributed by atoms with Crippen LogP contribution in [0, 0.1) is 0 Å². The van der Waals surface area contributed by atoms with Gasteiger partial charge in [-0.25, -0.2) is 4.79 Å². The average Bonchev–Trinajstić information content (AvgIpc) is 3.17. The molecule has 7 nitrogen and oxygen atoms in total. The van der Waals surface area contributed by atoms with Crippen molar-refractivity contribution in [2.24, 2.45) is 0 Å². The molecule has 0 bridgehead atoms. The molecule has 2 amide bonds. The summed E-state index contributed by atoms with van der Waals surface area (Å²) in [5, 5.41) is 0. The van der Waals surface area contributed by atoms with Crippen LogP contribution >= 0.6 is 0 Å². The predicted molar refractivity (Wildman–Crippen MR) is 96.6 cm³/mol. The number of carbonyl (C=O) groups is 2. The van der Waals surface area contributed by atoms with Crippen molar-refractivity contribution < 1.29 is 19.1 Å². The number of hydrogen-bond donors (Lipinski definition) is 0. The maximum Gasteiger partial charge on any atom is 0.410 e. The summed E-state index contributed by atoms with van der Waals surface area (Å²) in [5.74, 6) is 0.143. The number of amides is 2. The standard InChI is InChI=1S/C19H27N3O4/c1-25-17-7-8-22(13-17)18(23)14-20-9-11-21(12-10-20)19(24)26-15-16-5-3-2-4-6-16/h2-6,17H,7-15H2,1H3. The Bertz CT molecular complexity index is 602. The van der Waals surface area contributed by atoms with E-state index in [1.54, 1.807) is 12.0 Å². The van der Waals surface area contributed by atoms with Gasteiger partial charge in [0.2, 0.25) is 5.91 Å². The zero-order valence-electron chi connectivity index (χ0n) is 15.3. The fraction of sp³-hybridized carbons (Fsp3) is 0.579. The fourth-order valence-electron chi connectivity index (χ4n) is 3.34. The molecule has 2 saturated heterocycles. The van der Waals surface area contributed by atoms with Crippen molar-refractivity contribution in [2.75, 3.05) is 52.9 Å². The number of rotatable bonds is 5. The minimum atomic E-state index is -0.290. The van der Waals surface area contributed by atoms with Gasteiger partial charge in [-0.1, -0.05) is 30.3 Å². The van der Waals surface area contributed by atoms with Gasteiger partial charge in [0.1, 0.15) is 6.61 Å². The van der Waals surface area contributed by atoms with Gasteiger partial charge in [0.05, 0.1) is 12.6 Å². The summed E-state index contributed by atoms with van der Waals surface area (Å²) in [4.78, 5) is 30.2. The Morgan fingerprint density at radius 2 is 1.77 bits per heavy atom. The molecule has 0 saturated carbocycles. The zero-order valence-corrected chi connectivity index (χ0v) is 15.3. The molecule has 2 fully saturated rings. The normalized spacial score (nSPS) is 21.0. The first-order valence-electron chi connectivity index (χ1n) is 9.14. The van der Waals surface area contributed by atoms with Gasteiger partial charge in [-0.15, -0.1) is 0 Å². The van der Waals surface area contributed by atoms with E-state index >= 15 is 0 Å². The lowest BCUT2D eigenvalue weighted by Crippen LogP contribution is -2.51. The molecule has 3 rings (SSSR count). The quantitative estimate of drug-likeness (QED) is 0.788. The molecule has 1 aromatic rings. The molecule has 26 heavy (non-hydrogen) atoms. The molecular formula is C19H27N3O4. The van der Waals surface area contributed by atoms with E-state index in [9.17, 15) is 9.59 Å². The topological polar surface area (TPSA) is 62.3 Å². The lowest BCUT2D eigenvalue weighted by molar-refractivity contribution is -0.132.